The van der Waals surface area contributed by atoms with Gasteiger partial charge in [0.15, 0.2) is 0 Å². The Bertz CT molecular complexity index is 804. The number of aliphatic carboxylic acids is 1. The van der Waals surface area contributed by atoms with Crippen molar-refractivity contribution in [2.75, 3.05) is 32.8 Å². The number of nitrogens with zero attached hydrogens (tertiary/aromatic N) is 1. The Morgan fingerprint density at radius 1 is 1.10 bits per heavy atom. The number of likely N-dealkylation sites (tertiary alicyclic amines) is 1. The van der Waals surface area contributed by atoms with Crippen LogP contribution in [0.3, 0.4) is 0 Å². The van der Waals surface area contributed by atoms with Gasteiger partial charge in [0.1, 0.15) is 11.5 Å². The summed E-state index contributed by atoms with van der Waals surface area (Å²) in [6, 6.07) is 9.76. The van der Waals surface area contributed by atoms with Gasteiger partial charge in [0.05, 0.1) is 19.0 Å². The fraction of sp³-hybridized carbons (Fsp3) is 0.500. The SMILES string of the molecule is C[C@@H]1C[C@@H](COC(=O)C(=O)O)CN(CCCOC2=CC=C(Oc3ccccc3)CC2)C1. The summed E-state index contributed by atoms with van der Waals surface area (Å²) in [7, 11) is 0. The van der Waals surface area contributed by atoms with Gasteiger partial charge in [-0.3, -0.25) is 0 Å². The molecule has 1 fully saturated rings. The number of carboxylic acids is 1. The number of hydrogen-bond acceptors (Lipinski definition) is 6. The predicted octanol–water partition coefficient (Wildman–Crippen LogP) is 3.62. The molecule has 2 atom stereocenters. The average Bonchev–Trinajstić information content (AvgIpc) is 2.76. The van der Waals surface area contributed by atoms with Crippen LogP contribution in [-0.4, -0.2) is 54.8 Å². The number of allylic oxidation sites excluding steroid dienone is 4. The van der Waals surface area contributed by atoms with E-state index >= 15 is 0 Å². The van der Waals surface area contributed by atoms with Crippen molar-refractivity contribution < 1.29 is 28.9 Å². The number of ether oxygens (including phenoxy) is 3. The largest absolute Gasteiger partial charge is 0.498 e. The molecule has 7 heteroatoms. The van der Waals surface area contributed by atoms with Crippen LogP contribution in [0.5, 0.6) is 5.75 Å². The fourth-order valence-corrected chi connectivity index (χ4v) is 4.09. The van der Waals surface area contributed by atoms with E-state index in [1.54, 1.807) is 0 Å². The molecule has 1 aromatic carbocycles. The third kappa shape index (κ3) is 7.75. The van der Waals surface area contributed by atoms with Crippen molar-refractivity contribution in [1.29, 1.82) is 0 Å². The van der Waals surface area contributed by atoms with Crippen LogP contribution >= 0.6 is 0 Å². The molecule has 31 heavy (non-hydrogen) atoms. The van der Waals surface area contributed by atoms with Crippen LogP contribution in [0.15, 0.2) is 54.0 Å². The van der Waals surface area contributed by atoms with Gasteiger partial charge >= 0.3 is 11.9 Å². The Morgan fingerprint density at radius 3 is 2.55 bits per heavy atom. The van der Waals surface area contributed by atoms with E-state index in [0.717, 1.165) is 62.6 Å². The molecular formula is C24H31NO6. The van der Waals surface area contributed by atoms with Crippen LogP contribution in [0.4, 0.5) is 0 Å². The molecule has 1 aromatic rings. The molecule has 0 aromatic heterocycles. The monoisotopic (exact) mass is 429 g/mol. The highest BCUT2D eigenvalue weighted by molar-refractivity contribution is 6.28. The van der Waals surface area contributed by atoms with Gasteiger partial charge in [0, 0.05) is 38.4 Å². The summed E-state index contributed by atoms with van der Waals surface area (Å²) >= 11 is 0. The van der Waals surface area contributed by atoms with Gasteiger partial charge in [-0.15, -0.1) is 0 Å². The van der Waals surface area contributed by atoms with Gasteiger partial charge in [-0.25, -0.2) is 9.59 Å². The second kappa shape index (κ2) is 11.6. The van der Waals surface area contributed by atoms with Crippen LogP contribution in [0.2, 0.25) is 0 Å². The number of carbonyl (C=O) groups excluding carboxylic acids is 1. The van der Waals surface area contributed by atoms with Gasteiger partial charge in [-0.05, 0) is 43.0 Å². The lowest BCUT2D eigenvalue weighted by Crippen LogP contribution is -2.42. The summed E-state index contributed by atoms with van der Waals surface area (Å²) in [6.07, 6.45) is 7.45. The lowest BCUT2D eigenvalue weighted by molar-refractivity contribution is -0.165. The second-order valence-corrected chi connectivity index (χ2v) is 8.25. The predicted molar refractivity (Wildman–Crippen MR) is 115 cm³/mol. The van der Waals surface area contributed by atoms with Gasteiger partial charge in [0.25, 0.3) is 0 Å². The van der Waals surface area contributed by atoms with E-state index in [0.29, 0.717) is 12.5 Å². The van der Waals surface area contributed by atoms with Gasteiger partial charge in [-0.1, -0.05) is 25.1 Å². The number of carbonyl (C=O) groups is 2. The highest BCUT2D eigenvalue weighted by Crippen LogP contribution is 2.24. The van der Waals surface area contributed by atoms with E-state index in [1.165, 1.54) is 0 Å². The van der Waals surface area contributed by atoms with Crippen molar-refractivity contribution >= 4 is 11.9 Å². The standard InChI is InChI=1S/C24H31NO6/c1-18-14-19(17-30-24(28)23(26)27)16-25(15-18)12-5-13-29-20-8-10-22(11-9-20)31-21-6-3-2-4-7-21/h2-4,6-8,10,18-19H,5,9,11-17H2,1H3,(H,26,27)/t18-,19-/m1/s1. The molecule has 2 aliphatic rings. The first-order chi connectivity index (χ1) is 15.0. The van der Waals surface area contributed by atoms with E-state index in [-0.39, 0.29) is 12.5 Å². The molecule has 168 valence electrons. The molecule has 0 saturated carbocycles. The maximum absolute atomic E-state index is 11.2. The minimum atomic E-state index is -1.54. The molecule has 0 amide bonds. The molecule has 1 heterocycles. The van der Waals surface area contributed by atoms with Gasteiger partial charge in [0.2, 0.25) is 0 Å². The van der Waals surface area contributed by atoms with E-state index < -0.39 is 11.9 Å². The zero-order valence-corrected chi connectivity index (χ0v) is 18.0. The minimum Gasteiger partial charge on any atom is -0.498 e. The highest BCUT2D eigenvalue weighted by Gasteiger charge is 2.26. The molecule has 0 unspecified atom stereocenters. The van der Waals surface area contributed by atoms with Crippen LogP contribution in [0, 0.1) is 11.8 Å². The first kappa shape index (κ1) is 22.9. The van der Waals surface area contributed by atoms with E-state index in [2.05, 4.69) is 11.8 Å². The summed E-state index contributed by atoms with van der Waals surface area (Å²) < 4.78 is 16.7. The third-order valence-electron chi connectivity index (χ3n) is 5.42. The Kier molecular flexibility index (Phi) is 8.53. The maximum atomic E-state index is 11.2. The van der Waals surface area contributed by atoms with Crippen LogP contribution in [0.1, 0.15) is 32.6 Å². The summed E-state index contributed by atoms with van der Waals surface area (Å²) in [5.41, 5.74) is 0. The van der Waals surface area contributed by atoms with Gasteiger partial charge < -0.3 is 24.2 Å². The van der Waals surface area contributed by atoms with Crippen LogP contribution < -0.4 is 4.74 Å². The van der Waals surface area contributed by atoms with Crippen LogP contribution in [-0.2, 0) is 19.1 Å². The maximum Gasteiger partial charge on any atom is 0.417 e. The zero-order chi connectivity index (χ0) is 22.1. The molecule has 1 aliphatic carbocycles. The first-order valence-electron chi connectivity index (χ1n) is 10.9. The lowest BCUT2D eigenvalue weighted by atomic mass is 9.91. The Balaban J connectivity index is 1.35. The average molecular weight is 430 g/mol. The topological polar surface area (TPSA) is 85.3 Å². The molecule has 0 bridgehead atoms. The highest BCUT2D eigenvalue weighted by atomic mass is 16.6. The fourth-order valence-electron chi connectivity index (χ4n) is 4.09. The molecular weight excluding hydrogens is 398 g/mol. The molecule has 1 N–H and O–H groups in total. The van der Waals surface area contributed by atoms with Gasteiger partial charge in [-0.2, -0.15) is 0 Å². The number of piperidine rings is 1. The van der Waals surface area contributed by atoms with Crippen molar-refractivity contribution in [2.45, 2.75) is 32.6 Å². The van der Waals surface area contributed by atoms with Crippen molar-refractivity contribution in [2.24, 2.45) is 11.8 Å². The second-order valence-electron chi connectivity index (χ2n) is 8.25. The molecule has 1 aliphatic heterocycles. The molecule has 1 saturated heterocycles. The summed E-state index contributed by atoms with van der Waals surface area (Å²) in [5.74, 6) is 0.702. The van der Waals surface area contributed by atoms with Crippen molar-refractivity contribution in [3.8, 4) is 5.75 Å². The Hall–Kier alpha value is -2.80. The molecule has 0 spiro atoms. The van der Waals surface area contributed by atoms with Crippen molar-refractivity contribution in [3.05, 3.63) is 54.0 Å². The summed E-state index contributed by atoms with van der Waals surface area (Å²) in [6.45, 7) is 5.69. The normalized spacial score (nSPS) is 21.6. The lowest BCUT2D eigenvalue weighted by Gasteiger charge is -2.36. The van der Waals surface area contributed by atoms with E-state index in [4.69, 9.17) is 19.3 Å². The van der Waals surface area contributed by atoms with Crippen molar-refractivity contribution in [1.82, 2.24) is 4.90 Å². The number of hydrogen-bond donors (Lipinski definition) is 1. The Morgan fingerprint density at radius 2 is 1.84 bits per heavy atom. The molecule has 3 rings (SSSR count). The zero-order valence-electron chi connectivity index (χ0n) is 18.0. The van der Waals surface area contributed by atoms with Crippen LogP contribution in [0.25, 0.3) is 0 Å². The minimum absolute atomic E-state index is 0.162. The Labute approximate surface area is 183 Å². The van der Waals surface area contributed by atoms with Crippen molar-refractivity contribution in [3.63, 3.8) is 0 Å². The number of para-hydroxylation sites is 1. The summed E-state index contributed by atoms with van der Waals surface area (Å²) in [5, 5.41) is 8.63. The number of rotatable bonds is 9. The number of benzene rings is 1. The third-order valence-corrected chi connectivity index (χ3v) is 5.42. The number of esters is 1. The summed E-state index contributed by atoms with van der Waals surface area (Å²) in [4.78, 5) is 24.1. The number of carboxylic acid groups (broad SMARTS) is 1. The first-order valence-corrected chi connectivity index (χ1v) is 10.9. The quantitative estimate of drug-likeness (QED) is 0.365. The smallest absolute Gasteiger partial charge is 0.417 e. The van der Waals surface area contributed by atoms with E-state index in [1.807, 2.05) is 42.5 Å². The van der Waals surface area contributed by atoms with E-state index in [9.17, 15) is 9.59 Å². The molecule has 0 radical (unpaired) electrons. The molecule has 7 nitrogen and oxygen atoms in total.